The van der Waals surface area contributed by atoms with Crippen LogP contribution in [0.5, 0.6) is 5.88 Å². The van der Waals surface area contributed by atoms with E-state index in [1.165, 1.54) is 16.2 Å². The molecule has 2 saturated heterocycles. The number of thiazole rings is 1. The fourth-order valence-corrected chi connectivity index (χ4v) is 5.17. The molecular weight excluding hydrogens is 486 g/mol. The minimum atomic E-state index is -0.948. The molecule has 36 heavy (non-hydrogen) atoms. The highest BCUT2D eigenvalue weighted by atomic mass is 32.1. The maximum absolute atomic E-state index is 13.0. The molecule has 0 aliphatic carbocycles. The summed E-state index contributed by atoms with van der Waals surface area (Å²) in [5.41, 5.74) is 9.74. The Kier molecular flexibility index (Phi) is 6.35. The van der Waals surface area contributed by atoms with E-state index in [4.69, 9.17) is 15.6 Å². The highest BCUT2D eigenvalue weighted by molar-refractivity contribution is 7.16. The number of nitrogen functional groups attached to an aromatic ring is 1. The van der Waals surface area contributed by atoms with Crippen molar-refractivity contribution in [3.05, 3.63) is 23.3 Å². The van der Waals surface area contributed by atoms with Gasteiger partial charge in [0.15, 0.2) is 10.6 Å². The third kappa shape index (κ3) is 4.76. The van der Waals surface area contributed by atoms with Crippen LogP contribution in [0.15, 0.2) is 17.8 Å². The fourth-order valence-electron chi connectivity index (χ4n) is 4.51. The summed E-state index contributed by atoms with van der Waals surface area (Å²) in [5, 5.41) is 12.0. The molecule has 0 aromatic carbocycles. The van der Waals surface area contributed by atoms with Crippen molar-refractivity contribution in [3.63, 3.8) is 0 Å². The molecule has 4 N–H and O–H groups in total. The number of urea groups is 1. The van der Waals surface area contributed by atoms with Gasteiger partial charge in [0.25, 0.3) is 0 Å². The zero-order chi connectivity index (χ0) is 25.4. The topological polar surface area (TPSA) is 163 Å². The van der Waals surface area contributed by atoms with Crippen LogP contribution in [-0.4, -0.2) is 91.8 Å². The van der Waals surface area contributed by atoms with Crippen molar-refractivity contribution in [3.8, 4) is 5.88 Å². The lowest BCUT2D eigenvalue weighted by atomic mass is 10.2. The number of fused-ring (bicyclic) bond motifs is 1. The number of likely N-dealkylation sites (tertiary alicyclic amines) is 1. The first-order valence-corrected chi connectivity index (χ1v) is 12.5. The second-order valence-electron chi connectivity index (χ2n) is 8.92. The molecule has 3 aromatic heterocycles. The van der Waals surface area contributed by atoms with Crippen molar-refractivity contribution >= 4 is 51.3 Å². The molecule has 0 radical (unpaired) electrons. The van der Waals surface area contributed by atoms with Gasteiger partial charge in [0, 0.05) is 44.7 Å². The molecule has 13 nitrogen and oxygen atoms in total. The summed E-state index contributed by atoms with van der Waals surface area (Å²) in [6.07, 6.45) is 0.998. The van der Waals surface area contributed by atoms with Crippen molar-refractivity contribution in [1.29, 1.82) is 0 Å². The summed E-state index contributed by atoms with van der Waals surface area (Å²) in [6, 6.07) is 1.53. The minimum absolute atomic E-state index is 0.00419. The number of nitrogens with two attached hydrogens (primary N) is 1. The molecule has 5 rings (SSSR count). The number of pyridine rings is 1. The molecule has 0 saturated carbocycles. The van der Waals surface area contributed by atoms with Crippen LogP contribution in [0.3, 0.4) is 0 Å². The van der Waals surface area contributed by atoms with Gasteiger partial charge in [-0.3, -0.25) is 0 Å². The first-order chi connectivity index (χ1) is 17.3. The van der Waals surface area contributed by atoms with Crippen LogP contribution in [0, 0.1) is 6.92 Å². The fraction of sp³-hybridized carbons (Fsp3) is 0.455. The monoisotopic (exact) mass is 513 g/mol. The predicted octanol–water partition coefficient (Wildman–Crippen LogP) is 2.25. The van der Waals surface area contributed by atoms with Crippen LogP contribution < -0.4 is 20.7 Å². The predicted molar refractivity (Wildman–Crippen MR) is 135 cm³/mol. The Balaban J connectivity index is 1.20. The number of aryl methyl sites for hydroxylation is 1. The molecule has 190 valence electrons. The number of nitrogens with zero attached hydrogens (tertiary/aromatic N) is 7. The molecule has 3 aromatic rings. The second kappa shape index (κ2) is 9.60. The Morgan fingerprint density at radius 1 is 1.19 bits per heavy atom. The summed E-state index contributed by atoms with van der Waals surface area (Å²) in [7, 11) is 0. The van der Waals surface area contributed by atoms with E-state index in [1.54, 1.807) is 22.7 Å². The number of carbonyl (C=O) groups excluding carboxylic acids is 1. The first kappa shape index (κ1) is 23.8. The number of aromatic nitrogens is 4. The van der Waals surface area contributed by atoms with Crippen LogP contribution in [0.25, 0.3) is 10.3 Å². The molecule has 0 spiro atoms. The van der Waals surface area contributed by atoms with Crippen molar-refractivity contribution < 1.29 is 19.4 Å². The Morgan fingerprint density at radius 3 is 2.75 bits per heavy atom. The van der Waals surface area contributed by atoms with Gasteiger partial charge in [0.05, 0.1) is 23.9 Å². The molecule has 2 atom stereocenters. The van der Waals surface area contributed by atoms with E-state index in [0.29, 0.717) is 56.5 Å². The van der Waals surface area contributed by atoms with E-state index >= 15 is 0 Å². The zero-order valence-corrected chi connectivity index (χ0v) is 20.7. The average Bonchev–Trinajstić information content (AvgIpc) is 3.50. The summed E-state index contributed by atoms with van der Waals surface area (Å²) in [6.45, 7) is 6.23. The van der Waals surface area contributed by atoms with E-state index in [2.05, 4.69) is 30.2 Å². The molecule has 3 amide bonds. The third-order valence-corrected chi connectivity index (χ3v) is 7.13. The van der Waals surface area contributed by atoms with Gasteiger partial charge in [0.2, 0.25) is 11.8 Å². The number of nitrogens with one attached hydrogen (secondary N) is 1. The minimum Gasteiger partial charge on any atom is -0.472 e. The standard InChI is InChI=1S/C22H27N9O4S/c1-12-7-16(35-14-3-4-30(10-14)22(33)34)24-8-15(12)26-21(32)29-5-6-31(13(2)9-29)18-17-19(36-11-25-17)28-20(23)27-18/h7-8,11,13-14H,3-6,9-10H2,1-2H3,(H,26,32)(H,33,34)(H2,23,27,28)/t13-,14?/m0/s1. The van der Waals surface area contributed by atoms with Crippen molar-refractivity contribution in [2.24, 2.45) is 0 Å². The second-order valence-corrected chi connectivity index (χ2v) is 9.76. The molecule has 2 fully saturated rings. The first-order valence-electron chi connectivity index (χ1n) is 11.6. The van der Waals surface area contributed by atoms with Gasteiger partial charge in [0.1, 0.15) is 11.6 Å². The quantitative estimate of drug-likeness (QED) is 0.471. The third-order valence-electron chi connectivity index (χ3n) is 6.41. The van der Waals surface area contributed by atoms with Gasteiger partial charge in [-0.1, -0.05) is 0 Å². The number of carboxylic acid groups (broad SMARTS) is 1. The van der Waals surface area contributed by atoms with E-state index < -0.39 is 6.09 Å². The van der Waals surface area contributed by atoms with Gasteiger partial charge in [-0.15, -0.1) is 11.3 Å². The lowest BCUT2D eigenvalue weighted by Gasteiger charge is -2.40. The van der Waals surface area contributed by atoms with Crippen molar-refractivity contribution in [2.75, 3.05) is 48.7 Å². The number of ether oxygens (including phenoxy) is 1. The van der Waals surface area contributed by atoms with E-state index in [0.717, 1.165) is 15.9 Å². The highest BCUT2D eigenvalue weighted by Crippen LogP contribution is 2.29. The summed E-state index contributed by atoms with van der Waals surface area (Å²) < 4.78 is 5.85. The zero-order valence-electron chi connectivity index (χ0n) is 19.9. The number of amides is 3. The molecule has 1 unspecified atom stereocenters. The van der Waals surface area contributed by atoms with E-state index in [9.17, 15) is 9.59 Å². The average molecular weight is 514 g/mol. The number of hydrogen-bond acceptors (Lipinski definition) is 10. The highest BCUT2D eigenvalue weighted by Gasteiger charge is 2.30. The molecule has 5 heterocycles. The van der Waals surface area contributed by atoms with Gasteiger partial charge in [-0.25, -0.2) is 24.5 Å². The van der Waals surface area contributed by atoms with Crippen molar-refractivity contribution in [2.45, 2.75) is 32.4 Å². The van der Waals surface area contributed by atoms with E-state index in [1.807, 2.05) is 13.8 Å². The van der Waals surface area contributed by atoms with Crippen LogP contribution in [-0.2, 0) is 0 Å². The summed E-state index contributed by atoms with van der Waals surface area (Å²) in [4.78, 5) is 47.4. The molecule has 2 aliphatic rings. The number of carbonyl (C=O) groups is 2. The van der Waals surface area contributed by atoms with Crippen LogP contribution >= 0.6 is 11.3 Å². The van der Waals surface area contributed by atoms with Crippen LogP contribution in [0.2, 0.25) is 0 Å². The van der Waals surface area contributed by atoms with Crippen LogP contribution in [0.4, 0.5) is 27.0 Å². The maximum atomic E-state index is 13.0. The summed E-state index contributed by atoms with van der Waals surface area (Å²) in [5.74, 6) is 1.30. The number of piperazine rings is 1. The Hall–Kier alpha value is -3.94. The number of rotatable bonds is 4. The van der Waals surface area contributed by atoms with Crippen LogP contribution in [0.1, 0.15) is 18.9 Å². The Bertz CT molecular complexity index is 1300. The molecule has 2 aliphatic heterocycles. The maximum Gasteiger partial charge on any atom is 0.407 e. The SMILES string of the molecule is Cc1cc(OC2CCN(C(=O)O)C2)ncc1NC(=O)N1CCN(c2nc(N)nc3scnc23)[C@@H](C)C1. The lowest BCUT2D eigenvalue weighted by Crippen LogP contribution is -2.55. The number of anilines is 3. The van der Waals surface area contributed by atoms with Gasteiger partial charge in [-0.05, 0) is 19.4 Å². The smallest absolute Gasteiger partial charge is 0.407 e. The molecular formula is C22H27N9O4S. The van der Waals surface area contributed by atoms with Gasteiger partial charge < -0.3 is 35.6 Å². The molecule has 14 heteroatoms. The Labute approximate surface area is 210 Å². The Morgan fingerprint density at radius 2 is 2.03 bits per heavy atom. The van der Waals surface area contributed by atoms with Gasteiger partial charge >= 0.3 is 12.1 Å². The largest absolute Gasteiger partial charge is 0.472 e. The summed E-state index contributed by atoms with van der Waals surface area (Å²) >= 11 is 1.42. The molecule has 0 bridgehead atoms. The number of hydrogen-bond donors (Lipinski definition) is 3. The van der Waals surface area contributed by atoms with E-state index in [-0.39, 0.29) is 24.1 Å². The van der Waals surface area contributed by atoms with Gasteiger partial charge in [-0.2, -0.15) is 4.98 Å². The van der Waals surface area contributed by atoms with Crippen molar-refractivity contribution in [1.82, 2.24) is 29.7 Å². The lowest BCUT2D eigenvalue weighted by molar-refractivity contribution is 0.144. The normalized spacial score (nSPS) is 20.1.